The molecule has 0 spiro atoms. The molecule has 1 atom stereocenters. The van der Waals surface area contributed by atoms with Gasteiger partial charge in [-0.1, -0.05) is 18.2 Å². The Balaban J connectivity index is 2.26. The van der Waals surface area contributed by atoms with Crippen molar-refractivity contribution >= 4 is 5.91 Å². The number of hydrogen-bond donors (Lipinski definition) is 1. The fourth-order valence-corrected chi connectivity index (χ4v) is 2.18. The van der Waals surface area contributed by atoms with Crippen LogP contribution >= 0.6 is 0 Å². The maximum absolute atomic E-state index is 12.5. The van der Waals surface area contributed by atoms with Crippen molar-refractivity contribution in [3.63, 3.8) is 0 Å². The molecule has 0 radical (unpaired) electrons. The lowest BCUT2D eigenvalue weighted by molar-refractivity contribution is -0.121. The molecule has 0 aliphatic carbocycles. The molecule has 2 aromatic rings. The predicted molar refractivity (Wildman–Crippen MR) is 84.0 cm³/mol. The van der Waals surface area contributed by atoms with Gasteiger partial charge in [-0.05, 0) is 29.8 Å². The number of nitrogens with zero attached hydrogens (tertiary/aromatic N) is 1. The van der Waals surface area contributed by atoms with Gasteiger partial charge in [0, 0.05) is 19.9 Å². The maximum atomic E-state index is 12.5. The van der Waals surface area contributed by atoms with Crippen molar-refractivity contribution in [3.05, 3.63) is 59.9 Å². The molecule has 0 bridgehead atoms. The van der Waals surface area contributed by atoms with Crippen LogP contribution in [0.5, 0.6) is 5.75 Å². The van der Waals surface area contributed by atoms with E-state index in [0.717, 1.165) is 11.3 Å². The molecular weight excluding hydrogens is 280 g/mol. The summed E-state index contributed by atoms with van der Waals surface area (Å²) in [5.41, 5.74) is 1.58. The Morgan fingerprint density at radius 1 is 1.18 bits per heavy atom. The van der Waals surface area contributed by atoms with Crippen molar-refractivity contribution in [1.82, 2.24) is 10.3 Å². The average molecular weight is 300 g/mol. The van der Waals surface area contributed by atoms with Gasteiger partial charge in [-0.15, -0.1) is 0 Å². The Hall–Kier alpha value is -2.40. The summed E-state index contributed by atoms with van der Waals surface area (Å²) < 4.78 is 10.1. The van der Waals surface area contributed by atoms with Crippen LogP contribution in [0.1, 0.15) is 17.2 Å². The minimum Gasteiger partial charge on any atom is -0.497 e. The number of carbonyl (C=O) groups excluding carboxylic acids is 1. The Labute approximate surface area is 130 Å². The molecular formula is C17H20N2O3. The zero-order valence-electron chi connectivity index (χ0n) is 12.8. The largest absolute Gasteiger partial charge is 0.497 e. The van der Waals surface area contributed by atoms with Crippen molar-refractivity contribution in [2.24, 2.45) is 0 Å². The molecule has 0 aliphatic heterocycles. The first-order chi connectivity index (χ1) is 10.8. The highest BCUT2D eigenvalue weighted by Gasteiger charge is 2.23. The predicted octanol–water partition coefficient (Wildman–Crippen LogP) is 1.98. The van der Waals surface area contributed by atoms with Crippen LogP contribution in [0, 0.1) is 0 Å². The van der Waals surface area contributed by atoms with Crippen LogP contribution in [0.15, 0.2) is 48.7 Å². The monoisotopic (exact) mass is 300 g/mol. The summed E-state index contributed by atoms with van der Waals surface area (Å²) in [7, 11) is 3.22. The molecule has 1 unspecified atom stereocenters. The van der Waals surface area contributed by atoms with Crippen LogP contribution in [-0.2, 0) is 9.53 Å². The van der Waals surface area contributed by atoms with Gasteiger partial charge in [0.05, 0.1) is 19.4 Å². The SMILES string of the molecule is COCCNC(=O)C(c1ccc(OC)cc1)c1ccccn1. The number of benzene rings is 1. The van der Waals surface area contributed by atoms with E-state index < -0.39 is 5.92 Å². The van der Waals surface area contributed by atoms with Crippen molar-refractivity contribution in [1.29, 1.82) is 0 Å². The lowest BCUT2D eigenvalue weighted by Crippen LogP contribution is -2.32. The van der Waals surface area contributed by atoms with Crippen LogP contribution in [0.3, 0.4) is 0 Å². The van der Waals surface area contributed by atoms with Crippen molar-refractivity contribution < 1.29 is 14.3 Å². The summed E-state index contributed by atoms with van der Waals surface area (Å²) in [5.74, 6) is 0.202. The third kappa shape index (κ3) is 4.05. The van der Waals surface area contributed by atoms with Gasteiger partial charge >= 0.3 is 0 Å². The topological polar surface area (TPSA) is 60.5 Å². The second-order valence-electron chi connectivity index (χ2n) is 4.74. The molecule has 22 heavy (non-hydrogen) atoms. The quantitative estimate of drug-likeness (QED) is 0.794. The fourth-order valence-electron chi connectivity index (χ4n) is 2.18. The number of amides is 1. The number of hydrogen-bond acceptors (Lipinski definition) is 4. The molecule has 1 aromatic carbocycles. The third-order valence-corrected chi connectivity index (χ3v) is 3.30. The smallest absolute Gasteiger partial charge is 0.233 e. The summed E-state index contributed by atoms with van der Waals surface area (Å²) in [6, 6.07) is 13.0. The lowest BCUT2D eigenvalue weighted by atomic mass is 9.94. The van der Waals surface area contributed by atoms with Crippen molar-refractivity contribution in [3.8, 4) is 5.75 Å². The second kappa shape index (κ2) is 8.14. The van der Waals surface area contributed by atoms with Gasteiger partial charge in [-0.25, -0.2) is 0 Å². The molecule has 5 heteroatoms. The Bertz CT molecular complexity index is 585. The summed E-state index contributed by atoms with van der Waals surface area (Å²) in [6.07, 6.45) is 1.69. The molecule has 1 amide bonds. The highest BCUT2D eigenvalue weighted by molar-refractivity contribution is 5.86. The van der Waals surface area contributed by atoms with Gasteiger partial charge in [0.25, 0.3) is 0 Å². The molecule has 0 aliphatic rings. The number of rotatable bonds is 7. The molecule has 1 N–H and O–H groups in total. The van der Waals surface area contributed by atoms with Gasteiger partial charge in [-0.2, -0.15) is 0 Å². The number of aromatic nitrogens is 1. The zero-order valence-corrected chi connectivity index (χ0v) is 12.8. The Kier molecular flexibility index (Phi) is 5.91. The number of carbonyl (C=O) groups is 1. The van der Waals surface area contributed by atoms with E-state index in [-0.39, 0.29) is 5.91 Å². The first-order valence-corrected chi connectivity index (χ1v) is 7.07. The first kappa shape index (κ1) is 16.0. The molecule has 1 heterocycles. The summed E-state index contributed by atoms with van der Waals surface area (Å²) in [5, 5.41) is 2.87. The van der Waals surface area contributed by atoms with E-state index in [0.29, 0.717) is 18.8 Å². The minimum atomic E-state index is -0.455. The summed E-state index contributed by atoms with van der Waals surface area (Å²) in [4.78, 5) is 16.9. The van der Waals surface area contributed by atoms with E-state index >= 15 is 0 Å². The number of pyridine rings is 1. The molecule has 0 saturated heterocycles. The van der Waals surface area contributed by atoms with Gasteiger partial charge in [-0.3, -0.25) is 9.78 Å². The van der Waals surface area contributed by atoms with Crippen molar-refractivity contribution in [2.45, 2.75) is 5.92 Å². The second-order valence-corrected chi connectivity index (χ2v) is 4.74. The molecule has 2 rings (SSSR count). The first-order valence-electron chi connectivity index (χ1n) is 7.07. The van der Waals surface area contributed by atoms with Crippen LogP contribution in [0.25, 0.3) is 0 Å². The van der Waals surface area contributed by atoms with E-state index in [9.17, 15) is 4.79 Å². The van der Waals surface area contributed by atoms with Gasteiger partial charge in [0.1, 0.15) is 11.7 Å². The van der Waals surface area contributed by atoms with Crippen LogP contribution in [-0.4, -0.2) is 38.3 Å². The lowest BCUT2D eigenvalue weighted by Gasteiger charge is -2.17. The zero-order chi connectivity index (χ0) is 15.8. The highest BCUT2D eigenvalue weighted by Crippen LogP contribution is 2.25. The van der Waals surface area contributed by atoms with E-state index in [4.69, 9.17) is 9.47 Å². The van der Waals surface area contributed by atoms with E-state index in [1.165, 1.54) is 0 Å². The van der Waals surface area contributed by atoms with E-state index in [1.807, 2.05) is 42.5 Å². The van der Waals surface area contributed by atoms with Crippen molar-refractivity contribution in [2.75, 3.05) is 27.4 Å². The minimum absolute atomic E-state index is 0.0964. The van der Waals surface area contributed by atoms with E-state index in [1.54, 1.807) is 20.4 Å². The fraction of sp³-hybridized carbons (Fsp3) is 0.294. The number of ether oxygens (including phenoxy) is 2. The standard InChI is InChI=1S/C17H20N2O3/c1-21-12-11-19-17(20)16(15-5-3-4-10-18-15)13-6-8-14(22-2)9-7-13/h3-10,16H,11-12H2,1-2H3,(H,19,20). The molecule has 116 valence electrons. The number of methoxy groups -OCH3 is 2. The Morgan fingerprint density at radius 2 is 1.95 bits per heavy atom. The number of nitrogens with one attached hydrogen (secondary N) is 1. The van der Waals surface area contributed by atoms with Crippen LogP contribution in [0.4, 0.5) is 0 Å². The molecule has 1 aromatic heterocycles. The Morgan fingerprint density at radius 3 is 2.55 bits per heavy atom. The summed E-state index contributed by atoms with van der Waals surface area (Å²) >= 11 is 0. The molecule has 5 nitrogen and oxygen atoms in total. The van der Waals surface area contributed by atoms with Crippen LogP contribution in [0.2, 0.25) is 0 Å². The van der Waals surface area contributed by atoms with E-state index in [2.05, 4.69) is 10.3 Å². The van der Waals surface area contributed by atoms with Gasteiger partial charge in [0.15, 0.2) is 0 Å². The highest BCUT2D eigenvalue weighted by atomic mass is 16.5. The average Bonchev–Trinajstić information content (AvgIpc) is 2.57. The van der Waals surface area contributed by atoms with Crippen LogP contribution < -0.4 is 10.1 Å². The molecule has 0 fully saturated rings. The third-order valence-electron chi connectivity index (χ3n) is 3.30. The maximum Gasteiger partial charge on any atom is 0.233 e. The normalized spacial score (nSPS) is 11.7. The summed E-state index contributed by atoms with van der Waals surface area (Å²) in [6.45, 7) is 0.943. The van der Waals surface area contributed by atoms with Gasteiger partial charge < -0.3 is 14.8 Å². The van der Waals surface area contributed by atoms with Gasteiger partial charge in [0.2, 0.25) is 5.91 Å². The molecule has 0 saturated carbocycles.